The summed E-state index contributed by atoms with van der Waals surface area (Å²) in [6.45, 7) is 3.95. The summed E-state index contributed by atoms with van der Waals surface area (Å²) in [6.07, 6.45) is 0. The third-order valence-electron chi connectivity index (χ3n) is 4.32. The molecular weight excluding hydrogens is 327 g/mol. The number of benzene rings is 1. The van der Waals surface area contributed by atoms with Crippen LogP contribution in [0.2, 0.25) is 0 Å². The van der Waals surface area contributed by atoms with Crippen molar-refractivity contribution in [2.45, 2.75) is 13.0 Å². The van der Waals surface area contributed by atoms with Crippen LogP contribution in [0.5, 0.6) is 0 Å². The van der Waals surface area contributed by atoms with Crippen molar-refractivity contribution in [3.05, 3.63) is 29.6 Å². The van der Waals surface area contributed by atoms with Gasteiger partial charge in [0.2, 0.25) is 5.91 Å². The van der Waals surface area contributed by atoms with Gasteiger partial charge in [-0.3, -0.25) is 14.5 Å². The van der Waals surface area contributed by atoms with Crippen LogP contribution >= 0.6 is 0 Å². The standard InChI is InChI=1S/C17H21FN4O3/c1-12(17(24)20-11-16(23)25-2)21-6-8-22(9-7-21)15-5-3-4-14(18)13(15)10-19/h3-5,12H,6-9,11H2,1-2H3,(H,20,24)/t12-/m1/s1. The minimum Gasteiger partial charge on any atom is -0.468 e. The molecule has 0 radical (unpaired) electrons. The summed E-state index contributed by atoms with van der Waals surface area (Å²) in [5.74, 6) is -1.28. The molecule has 1 aliphatic rings. The number of carbonyl (C=O) groups excluding carboxylic acids is 2. The van der Waals surface area contributed by atoms with Gasteiger partial charge in [0.25, 0.3) is 0 Å². The van der Waals surface area contributed by atoms with Crippen molar-refractivity contribution in [2.24, 2.45) is 0 Å². The Balaban J connectivity index is 1.93. The second-order valence-electron chi connectivity index (χ2n) is 5.74. The first-order valence-corrected chi connectivity index (χ1v) is 8.00. The molecule has 0 spiro atoms. The van der Waals surface area contributed by atoms with E-state index in [0.717, 1.165) is 0 Å². The van der Waals surface area contributed by atoms with Crippen molar-refractivity contribution in [1.82, 2.24) is 10.2 Å². The average Bonchev–Trinajstić information content (AvgIpc) is 2.65. The Hall–Kier alpha value is -2.66. The normalized spacial score (nSPS) is 16.0. The summed E-state index contributed by atoms with van der Waals surface area (Å²) in [7, 11) is 1.26. The quantitative estimate of drug-likeness (QED) is 0.780. The lowest BCUT2D eigenvalue weighted by Gasteiger charge is -2.38. The largest absolute Gasteiger partial charge is 0.468 e. The monoisotopic (exact) mass is 348 g/mol. The SMILES string of the molecule is COC(=O)CNC(=O)[C@@H](C)N1CCN(c2cccc(F)c2C#N)CC1. The van der Waals surface area contributed by atoms with E-state index in [-0.39, 0.29) is 18.0 Å². The first kappa shape index (κ1) is 18.7. The van der Waals surface area contributed by atoms with Crippen LogP contribution in [0.4, 0.5) is 10.1 Å². The predicted molar refractivity (Wildman–Crippen MR) is 89.4 cm³/mol. The highest BCUT2D eigenvalue weighted by molar-refractivity contribution is 5.85. The number of anilines is 1. The van der Waals surface area contributed by atoms with E-state index in [0.29, 0.717) is 31.9 Å². The summed E-state index contributed by atoms with van der Waals surface area (Å²) in [6, 6.07) is 6.09. The number of amides is 1. The Morgan fingerprint density at radius 3 is 2.64 bits per heavy atom. The van der Waals surface area contributed by atoms with Gasteiger partial charge in [-0.15, -0.1) is 0 Å². The van der Waals surface area contributed by atoms with E-state index >= 15 is 0 Å². The van der Waals surface area contributed by atoms with Crippen molar-refractivity contribution < 1.29 is 18.7 Å². The molecule has 1 aromatic rings. The highest BCUT2D eigenvalue weighted by atomic mass is 19.1. The number of hydrogen-bond acceptors (Lipinski definition) is 6. The molecule has 1 fully saturated rings. The molecule has 0 unspecified atom stereocenters. The summed E-state index contributed by atoms with van der Waals surface area (Å²) in [4.78, 5) is 27.1. The first-order chi connectivity index (χ1) is 12.0. The fraction of sp³-hybridized carbons (Fsp3) is 0.471. The van der Waals surface area contributed by atoms with Gasteiger partial charge in [0.05, 0.1) is 18.8 Å². The number of rotatable bonds is 5. The molecule has 7 nitrogen and oxygen atoms in total. The molecule has 8 heteroatoms. The minimum atomic E-state index is -0.530. The van der Waals surface area contributed by atoms with Gasteiger partial charge in [0.15, 0.2) is 0 Å². The molecule has 1 heterocycles. The second kappa shape index (κ2) is 8.44. The van der Waals surface area contributed by atoms with E-state index in [9.17, 15) is 14.0 Å². The fourth-order valence-electron chi connectivity index (χ4n) is 2.78. The third-order valence-corrected chi connectivity index (χ3v) is 4.32. The van der Waals surface area contributed by atoms with Crippen LogP contribution in [0.25, 0.3) is 0 Å². The lowest BCUT2D eigenvalue weighted by molar-refractivity contribution is -0.141. The molecule has 1 aliphatic heterocycles. The number of carbonyl (C=O) groups is 2. The molecule has 0 aromatic heterocycles. The Labute approximate surface area is 146 Å². The van der Waals surface area contributed by atoms with Crippen molar-refractivity contribution in [3.63, 3.8) is 0 Å². The van der Waals surface area contributed by atoms with Gasteiger partial charge in [0, 0.05) is 26.2 Å². The predicted octanol–water partition coefficient (Wildman–Crippen LogP) is 0.497. The molecule has 0 bridgehead atoms. The molecule has 1 amide bonds. The van der Waals surface area contributed by atoms with Crippen LogP contribution in [0.15, 0.2) is 18.2 Å². The molecule has 1 aromatic carbocycles. The van der Waals surface area contributed by atoms with E-state index < -0.39 is 17.8 Å². The Morgan fingerprint density at radius 2 is 2.04 bits per heavy atom. The molecule has 1 atom stereocenters. The van der Waals surface area contributed by atoms with Crippen LogP contribution in [0.1, 0.15) is 12.5 Å². The van der Waals surface area contributed by atoms with Gasteiger partial charge < -0.3 is 15.0 Å². The van der Waals surface area contributed by atoms with Crippen molar-refractivity contribution >= 4 is 17.6 Å². The number of ether oxygens (including phenoxy) is 1. The van der Waals surface area contributed by atoms with Crippen LogP contribution in [0.3, 0.4) is 0 Å². The van der Waals surface area contributed by atoms with Crippen LogP contribution < -0.4 is 10.2 Å². The van der Waals surface area contributed by atoms with Gasteiger partial charge in [-0.1, -0.05) is 6.07 Å². The molecule has 1 N–H and O–H groups in total. The number of methoxy groups -OCH3 is 1. The van der Waals surface area contributed by atoms with E-state index in [1.165, 1.54) is 13.2 Å². The molecule has 0 saturated carbocycles. The van der Waals surface area contributed by atoms with Crippen molar-refractivity contribution in [1.29, 1.82) is 5.26 Å². The number of nitrogens with zero attached hydrogens (tertiary/aromatic N) is 3. The van der Waals surface area contributed by atoms with E-state index in [1.807, 2.05) is 15.9 Å². The zero-order chi connectivity index (χ0) is 18.4. The maximum atomic E-state index is 13.7. The number of hydrogen-bond donors (Lipinski definition) is 1. The zero-order valence-corrected chi connectivity index (χ0v) is 14.3. The molecule has 134 valence electrons. The third kappa shape index (κ3) is 4.45. The highest BCUT2D eigenvalue weighted by Gasteiger charge is 2.27. The van der Waals surface area contributed by atoms with Crippen LogP contribution in [-0.4, -0.2) is 62.7 Å². The van der Waals surface area contributed by atoms with Crippen molar-refractivity contribution in [3.8, 4) is 6.07 Å². The summed E-state index contributed by atoms with van der Waals surface area (Å²) < 4.78 is 18.2. The van der Waals surface area contributed by atoms with Crippen LogP contribution in [-0.2, 0) is 14.3 Å². The van der Waals surface area contributed by atoms with Gasteiger partial charge in [-0.05, 0) is 19.1 Å². The molecular formula is C17H21FN4O3. The van der Waals surface area contributed by atoms with E-state index in [2.05, 4.69) is 10.1 Å². The topological polar surface area (TPSA) is 85.7 Å². The van der Waals surface area contributed by atoms with Gasteiger partial charge in [0.1, 0.15) is 24.0 Å². The number of piperazine rings is 1. The Bertz CT molecular complexity index is 681. The highest BCUT2D eigenvalue weighted by Crippen LogP contribution is 2.24. The number of nitrogens with one attached hydrogen (secondary N) is 1. The van der Waals surface area contributed by atoms with E-state index in [4.69, 9.17) is 5.26 Å². The van der Waals surface area contributed by atoms with E-state index in [1.54, 1.807) is 19.1 Å². The first-order valence-electron chi connectivity index (χ1n) is 8.00. The summed E-state index contributed by atoms with van der Waals surface area (Å²) in [5, 5.41) is 11.7. The lowest BCUT2D eigenvalue weighted by atomic mass is 10.1. The molecule has 25 heavy (non-hydrogen) atoms. The van der Waals surface area contributed by atoms with Gasteiger partial charge >= 0.3 is 5.97 Å². The van der Waals surface area contributed by atoms with Crippen LogP contribution in [0, 0.1) is 17.1 Å². The van der Waals surface area contributed by atoms with Crippen molar-refractivity contribution in [2.75, 3.05) is 44.7 Å². The molecule has 2 rings (SSSR count). The molecule has 1 saturated heterocycles. The Kier molecular flexibility index (Phi) is 6.31. The summed E-state index contributed by atoms with van der Waals surface area (Å²) in [5.41, 5.74) is 0.616. The van der Waals surface area contributed by atoms with Gasteiger partial charge in [-0.2, -0.15) is 5.26 Å². The fourth-order valence-corrected chi connectivity index (χ4v) is 2.78. The van der Waals surface area contributed by atoms with Gasteiger partial charge in [-0.25, -0.2) is 4.39 Å². The minimum absolute atomic E-state index is 0.0415. The number of nitriles is 1. The number of esters is 1. The smallest absolute Gasteiger partial charge is 0.325 e. The second-order valence-corrected chi connectivity index (χ2v) is 5.74. The lowest BCUT2D eigenvalue weighted by Crippen LogP contribution is -2.54. The Morgan fingerprint density at radius 1 is 1.36 bits per heavy atom. The zero-order valence-electron chi connectivity index (χ0n) is 14.3. The summed E-state index contributed by atoms with van der Waals surface area (Å²) >= 11 is 0. The average molecular weight is 348 g/mol. The number of halogens is 1. The maximum Gasteiger partial charge on any atom is 0.325 e. The maximum absolute atomic E-state index is 13.7. The molecule has 0 aliphatic carbocycles.